The van der Waals surface area contributed by atoms with E-state index in [1.807, 2.05) is 6.07 Å². The number of nitrogens with zero attached hydrogens (tertiary/aromatic N) is 2. The van der Waals surface area contributed by atoms with Gasteiger partial charge < -0.3 is 0 Å². The molecular formula is C14H20BrFN2. The highest BCUT2D eigenvalue weighted by atomic mass is 79.9. The zero-order valence-corrected chi connectivity index (χ0v) is 12.6. The van der Waals surface area contributed by atoms with Crippen LogP contribution in [0, 0.1) is 5.82 Å². The molecule has 2 rings (SSSR count). The number of halogens is 2. The Balaban J connectivity index is 1.91. The second kappa shape index (κ2) is 6.13. The Hall–Kier alpha value is -0.450. The average Bonchev–Trinajstić information content (AvgIpc) is 2.28. The van der Waals surface area contributed by atoms with E-state index < -0.39 is 0 Å². The smallest absolute Gasteiger partial charge is 0.124 e. The van der Waals surface area contributed by atoms with Crippen molar-refractivity contribution in [3.8, 4) is 0 Å². The highest BCUT2D eigenvalue weighted by molar-refractivity contribution is 9.10. The Morgan fingerprint density at radius 1 is 1.17 bits per heavy atom. The minimum atomic E-state index is -0.166. The van der Waals surface area contributed by atoms with Gasteiger partial charge in [0.05, 0.1) is 0 Å². The Kier molecular flexibility index (Phi) is 4.76. The first kappa shape index (κ1) is 14.0. The van der Waals surface area contributed by atoms with Crippen LogP contribution < -0.4 is 0 Å². The van der Waals surface area contributed by atoms with Crippen molar-refractivity contribution in [3.63, 3.8) is 0 Å². The van der Waals surface area contributed by atoms with Crippen LogP contribution in [0.5, 0.6) is 0 Å². The van der Waals surface area contributed by atoms with Crippen molar-refractivity contribution in [1.82, 2.24) is 9.80 Å². The molecule has 1 heterocycles. The molecule has 1 fully saturated rings. The van der Waals surface area contributed by atoms with Gasteiger partial charge in [0, 0.05) is 43.2 Å². The molecule has 1 saturated heterocycles. The van der Waals surface area contributed by atoms with Gasteiger partial charge in [0.2, 0.25) is 0 Å². The molecule has 1 aliphatic rings. The summed E-state index contributed by atoms with van der Waals surface area (Å²) in [5.41, 5.74) is 1.04. The molecule has 0 spiro atoms. The molecule has 0 aliphatic carbocycles. The van der Waals surface area contributed by atoms with E-state index in [2.05, 4.69) is 39.6 Å². The van der Waals surface area contributed by atoms with E-state index in [1.54, 1.807) is 6.07 Å². The summed E-state index contributed by atoms with van der Waals surface area (Å²) >= 11 is 3.34. The van der Waals surface area contributed by atoms with Crippen molar-refractivity contribution in [1.29, 1.82) is 0 Å². The van der Waals surface area contributed by atoms with Crippen LogP contribution in [0.25, 0.3) is 0 Å². The van der Waals surface area contributed by atoms with E-state index in [1.165, 1.54) is 6.07 Å². The van der Waals surface area contributed by atoms with Crippen LogP contribution in [-0.2, 0) is 6.54 Å². The third-order valence-electron chi connectivity index (χ3n) is 3.47. The van der Waals surface area contributed by atoms with E-state index in [-0.39, 0.29) is 5.82 Å². The van der Waals surface area contributed by atoms with Crippen molar-refractivity contribution in [2.75, 3.05) is 26.2 Å². The normalized spacial score (nSPS) is 18.5. The van der Waals surface area contributed by atoms with Gasteiger partial charge in [-0.05, 0) is 37.6 Å². The molecule has 1 aliphatic heterocycles. The first-order valence-electron chi connectivity index (χ1n) is 6.46. The van der Waals surface area contributed by atoms with Crippen LogP contribution in [0.4, 0.5) is 4.39 Å². The summed E-state index contributed by atoms with van der Waals surface area (Å²) in [6.07, 6.45) is 0. The molecule has 100 valence electrons. The van der Waals surface area contributed by atoms with E-state index in [9.17, 15) is 4.39 Å². The first-order valence-corrected chi connectivity index (χ1v) is 7.25. The number of piperazine rings is 1. The maximum Gasteiger partial charge on any atom is 0.124 e. The Morgan fingerprint density at radius 2 is 1.83 bits per heavy atom. The molecule has 4 heteroatoms. The van der Waals surface area contributed by atoms with Crippen molar-refractivity contribution < 1.29 is 4.39 Å². The third-order valence-corrected chi connectivity index (χ3v) is 3.92. The predicted octanol–water partition coefficient (Wildman–Crippen LogP) is 3.11. The highest BCUT2D eigenvalue weighted by Gasteiger charge is 2.18. The van der Waals surface area contributed by atoms with Gasteiger partial charge in [0.25, 0.3) is 0 Å². The second-order valence-electron chi connectivity index (χ2n) is 5.18. The van der Waals surface area contributed by atoms with Gasteiger partial charge in [-0.15, -0.1) is 0 Å². The van der Waals surface area contributed by atoms with Crippen LogP contribution in [0.2, 0.25) is 0 Å². The molecule has 2 nitrogen and oxygen atoms in total. The average molecular weight is 315 g/mol. The number of rotatable bonds is 3. The SMILES string of the molecule is CC(C)N1CCN(Cc2cc(F)cc(Br)c2)CC1. The summed E-state index contributed by atoms with van der Waals surface area (Å²) in [7, 11) is 0. The summed E-state index contributed by atoms with van der Waals surface area (Å²) in [6, 6.07) is 5.74. The zero-order valence-electron chi connectivity index (χ0n) is 11.0. The molecule has 1 aromatic rings. The molecule has 0 bridgehead atoms. The monoisotopic (exact) mass is 314 g/mol. The van der Waals surface area contributed by atoms with Gasteiger partial charge in [0.1, 0.15) is 5.82 Å². The van der Waals surface area contributed by atoms with E-state index in [4.69, 9.17) is 0 Å². The maximum absolute atomic E-state index is 13.3. The molecule has 0 atom stereocenters. The van der Waals surface area contributed by atoms with Crippen LogP contribution in [-0.4, -0.2) is 42.0 Å². The summed E-state index contributed by atoms with van der Waals surface area (Å²) in [6.45, 7) is 9.64. The fraction of sp³-hybridized carbons (Fsp3) is 0.571. The van der Waals surface area contributed by atoms with Gasteiger partial charge in [-0.25, -0.2) is 4.39 Å². The number of hydrogen-bond donors (Lipinski definition) is 0. The first-order chi connectivity index (χ1) is 8.54. The fourth-order valence-electron chi connectivity index (χ4n) is 2.40. The summed E-state index contributed by atoms with van der Waals surface area (Å²) < 4.78 is 14.1. The number of hydrogen-bond acceptors (Lipinski definition) is 2. The molecular weight excluding hydrogens is 295 g/mol. The van der Waals surface area contributed by atoms with Crippen molar-refractivity contribution in [2.45, 2.75) is 26.4 Å². The fourth-order valence-corrected chi connectivity index (χ4v) is 2.91. The Bertz CT molecular complexity index is 381. The molecule has 0 aromatic heterocycles. The van der Waals surface area contributed by atoms with Crippen molar-refractivity contribution in [3.05, 3.63) is 34.1 Å². The predicted molar refractivity (Wildman–Crippen MR) is 76.1 cm³/mol. The molecule has 0 radical (unpaired) electrons. The topological polar surface area (TPSA) is 6.48 Å². The van der Waals surface area contributed by atoms with Gasteiger partial charge >= 0.3 is 0 Å². The van der Waals surface area contributed by atoms with Crippen molar-refractivity contribution >= 4 is 15.9 Å². The lowest BCUT2D eigenvalue weighted by Crippen LogP contribution is -2.48. The van der Waals surface area contributed by atoms with Gasteiger partial charge in [-0.2, -0.15) is 0 Å². The lowest BCUT2D eigenvalue weighted by Gasteiger charge is -2.36. The lowest BCUT2D eigenvalue weighted by atomic mass is 10.2. The highest BCUT2D eigenvalue weighted by Crippen LogP contribution is 2.17. The Morgan fingerprint density at radius 3 is 2.39 bits per heavy atom. The largest absolute Gasteiger partial charge is 0.298 e. The van der Waals surface area contributed by atoms with Crippen molar-refractivity contribution in [2.24, 2.45) is 0 Å². The third kappa shape index (κ3) is 3.77. The minimum Gasteiger partial charge on any atom is -0.298 e. The molecule has 0 N–H and O–H groups in total. The van der Waals surface area contributed by atoms with Crippen LogP contribution in [0.1, 0.15) is 19.4 Å². The molecule has 0 saturated carbocycles. The van der Waals surface area contributed by atoms with Gasteiger partial charge in [0.15, 0.2) is 0 Å². The molecule has 18 heavy (non-hydrogen) atoms. The van der Waals surface area contributed by atoms with E-state index in [0.717, 1.165) is 42.8 Å². The minimum absolute atomic E-state index is 0.166. The van der Waals surface area contributed by atoms with Gasteiger partial charge in [-0.1, -0.05) is 15.9 Å². The second-order valence-corrected chi connectivity index (χ2v) is 6.10. The zero-order chi connectivity index (χ0) is 13.1. The molecule has 0 amide bonds. The number of benzene rings is 1. The quantitative estimate of drug-likeness (QED) is 0.846. The molecule has 0 unspecified atom stereocenters. The van der Waals surface area contributed by atoms with Crippen LogP contribution >= 0.6 is 15.9 Å². The van der Waals surface area contributed by atoms with Gasteiger partial charge in [-0.3, -0.25) is 9.80 Å². The Labute approximate surface area is 117 Å². The lowest BCUT2D eigenvalue weighted by molar-refractivity contribution is 0.104. The summed E-state index contributed by atoms with van der Waals surface area (Å²) in [5.74, 6) is -0.166. The molecule has 1 aromatic carbocycles. The van der Waals surface area contributed by atoms with E-state index in [0.29, 0.717) is 6.04 Å². The standard InChI is InChI=1S/C14H20BrFN2/c1-11(2)18-5-3-17(4-6-18)10-12-7-13(15)9-14(16)8-12/h7-9,11H,3-6,10H2,1-2H3. The van der Waals surface area contributed by atoms with Crippen LogP contribution in [0.3, 0.4) is 0 Å². The summed E-state index contributed by atoms with van der Waals surface area (Å²) in [4.78, 5) is 4.87. The maximum atomic E-state index is 13.3. The summed E-state index contributed by atoms with van der Waals surface area (Å²) in [5, 5.41) is 0. The van der Waals surface area contributed by atoms with Crippen LogP contribution in [0.15, 0.2) is 22.7 Å². The van der Waals surface area contributed by atoms with E-state index >= 15 is 0 Å².